The molecule has 1 amide bonds. The molecular weight excluding hydrogens is 359 g/mol. The molecule has 2 aromatic rings. The van der Waals surface area contributed by atoms with Crippen LogP contribution < -0.4 is 10.0 Å². The van der Waals surface area contributed by atoms with E-state index < -0.39 is 21.7 Å². The molecule has 1 aromatic carbocycles. The maximum atomic E-state index is 13.6. The highest BCUT2D eigenvalue weighted by Gasteiger charge is 2.36. The molecule has 1 fully saturated rings. The predicted octanol–water partition coefficient (Wildman–Crippen LogP) is 3.57. The summed E-state index contributed by atoms with van der Waals surface area (Å²) in [5, 5.41) is 2.55. The Kier molecular flexibility index (Phi) is 4.86. The summed E-state index contributed by atoms with van der Waals surface area (Å²) in [7, 11) is -3.62. The van der Waals surface area contributed by atoms with Crippen LogP contribution in [0.4, 0.5) is 15.8 Å². The van der Waals surface area contributed by atoms with Crippen LogP contribution in [0, 0.1) is 11.7 Å². The lowest BCUT2D eigenvalue weighted by atomic mass is 10.2. The Morgan fingerprint density at radius 3 is 2.69 bits per heavy atom. The monoisotopic (exact) mass is 378 g/mol. The average molecular weight is 378 g/mol. The van der Waals surface area contributed by atoms with Crippen molar-refractivity contribution >= 4 is 33.4 Å². The number of furan rings is 1. The van der Waals surface area contributed by atoms with Gasteiger partial charge in [0, 0.05) is 17.7 Å². The Labute approximate surface area is 151 Å². The maximum Gasteiger partial charge on any atom is 0.248 e. The van der Waals surface area contributed by atoms with Crippen molar-refractivity contribution in [3.05, 3.63) is 53.7 Å². The number of benzene rings is 1. The third-order valence-electron chi connectivity index (χ3n) is 4.05. The molecule has 2 atom stereocenters. The molecule has 6 nitrogen and oxygen atoms in total. The first kappa shape index (κ1) is 18.2. The first-order valence-electron chi connectivity index (χ1n) is 8.07. The summed E-state index contributed by atoms with van der Waals surface area (Å²) in [6.07, 6.45) is 4.88. The van der Waals surface area contributed by atoms with Gasteiger partial charge in [-0.3, -0.25) is 9.52 Å². The summed E-state index contributed by atoms with van der Waals surface area (Å²) in [5.74, 6) is 1.42. The third kappa shape index (κ3) is 4.72. The predicted molar refractivity (Wildman–Crippen MR) is 97.8 cm³/mol. The van der Waals surface area contributed by atoms with E-state index in [1.807, 2.05) is 6.07 Å². The fraction of sp³-hybridized carbons (Fsp3) is 0.278. The second-order valence-electron chi connectivity index (χ2n) is 6.45. The summed E-state index contributed by atoms with van der Waals surface area (Å²) in [4.78, 5) is 12.0. The smallest absolute Gasteiger partial charge is 0.248 e. The molecule has 0 bridgehead atoms. The molecule has 0 aliphatic heterocycles. The van der Waals surface area contributed by atoms with Crippen LogP contribution in [0.3, 0.4) is 0 Å². The van der Waals surface area contributed by atoms with E-state index in [1.54, 1.807) is 12.1 Å². The number of hydrogen-bond acceptors (Lipinski definition) is 4. The van der Waals surface area contributed by atoms with Crippen LogP contribution in [0.2, 0.25) is 0 Å². The van der Waals surface area contributed by atoms with Crippen molar-refractivity contribution in [3.8, 4) is 0 Å². The molecule has 0 radical (unpaired) electrons. The van der Waals surface area contributed by atoms with Gasteiger partial charge in [0.05, 0.1) is 11.9 Å². The topological polar surface area (TPSA) is 88.4 Å². The Bertz CT molecular complexity index is 965. The Balaban J connectivity index is 1.64. The minimum atomic E-state index is -3.62. The van der Waals surface area contributed by atoms with Crippen LogP contribution in [-0.2, 0) is 14.8 Å². The van der Waals surface area contributed by atoms with Crippen LogP contribution in [0.15, 0.2) is 40.8 Å². The van der Waals surface area contributed by atoms with E-state index in [4.69, 9.17) is 4.42 Å². The third-order valence-corrected chi connectivity index (χ3v) is 4.64. The van der Waals surface area contributed by atoms with E-state index in [0.29, 0.717) is 17.6 Å². The highest BCUT2D eigenvalue weighted by molar-refractivity contribution is 7.92. The average Bonchev–Trinajstić information content (AvgIpc) is 3.08. The molecule has 1 aliphatic carbocycles. The van der Waals surface area contributed by atoms with Gasteiger partial charge in [0.1, 0.15) is 17.3 Å². The van der Waals surface area contributed by atoms with E-state index >= 15 is 0 Å². The lowest BCUT2D eigenvalue weighted by Crippen LogP contribution is -2.12. The molecular formula is C18H19FN2O4S. The van der Waals surface area contributed by atoms with Crippen molar-refractivity contribution in [2.45, 2.75) is 19.3 Å². The quantitative estimate of drug-likeness (QED) is 0.752. The van der Waals surface area contributed by atoms with Gasteiger partial charge >= 0.3 is 0 Å². The Morgan fingerprint density at radius 1 is 1.31 bits per heavy atom. The van der Waals surface area contributed by atoms with E-state index in [2.05, 4.69) is 17.0 Å². The number of halogens is 1. The van der Waals surface area contributed by atoms with Crippen molar-refractivity contribution in [2.24, 2.45) is 5.92 Å². The second-order valence-corrected chi connectivity index (χ2v) is 8.20. The zero-order valence-electron chi connectivity index (χ0n) is 14.3. The van der Waals surface area contributed by atoms with Crippen molar-refractivity contribution < 1.29 is 22.0 Å². The molecule has 3 rings (SSSR count). The van der Waals surface area contributed by atoms with Crippen LogP contribution >= 0.6 is 0 Å². The zero-order chi connectivity index (χ0) is 18.9. The molecule has 1 aromatic heterocycles. The molecule has 2 N–H and O–H groups in total. The highest BCUT2D eigenvalue weighted by atomic mass is 32.2. The van der Waals surface area contributed by atoms with Crippen LogP contribution in [0.25, 0.3) is 6.08 Å². The Hall–Kier alpha value is -2.61. The van der Waals surface area contributed by atoms with Gasteiger partial charge in [0.25, 0.3) is 0 Å². The van der Waals surface area contributed by atoms with E-state index in [1.165, 1.54) is 18.2 Å². The standard InChI is InChI=1S/C18H19FN2O4S/c1-11-9-14(11)17-7-4-13(25-17)5-8-18(22)20-12-3-6-15(19)16(10-12)21-26(2,23)24/h3-8,10-11,14,21H,9H2,1-2H3,(H,20,22)/b8-5+/t11-,14-/m1/s1. The van der Waals surface area contributed by atoms with Gasteiger partial charge in [-0.05, 0) is 48.7 Å². The number of sulfonamides is 1. The number of amides is 1. The molecule has 0 spiro atoms. The van der Waals surface area contributed by atoms with E-state index in [-0.39, 0.29) is 11.4 Å². The van der Waals surface area contributed by atoms with Crippen LogP contribution in [0.1, 0.15) is 30.8 Å². The molecule has 0 unspecified atom stereocenters. The lowest BCUT2D eigenvalue weighted by molar-refractivity contribution is -0.111. The molecule has 1 saturated carbocycles. The van der Waals surface area contributed by atoms with Gasteiger partial charge in [0.2, 0.25) is 15.9 Å². The normalized spacial score (nSPS) is 19.5. The largest absolute Gasteiger partial charge is 0.461 e. The van der Waals surface area contributed by atoms with Gasteiger partial charge in [-0.1, -0.05) is 6.92 Å². The number of carbonyl (C=O) groups is 1. The second kappa shape index (κ2) is 6.95. The van der Waals surface area contributed by atoms with Gasteiger partial charge in [0.15, 0.2) is 0 Å². The molecule has 0 saturated heterocycles. The molecule has 138 valence electrons. The highest BCUT2D eigenvalue weighted by Crippen LogP contribution is 2.47. The minimum Gasteiger partial charge on any atom is -0.461 e. The van der Waals surface area contributed by atoms with E-state index in [0.717, 1.165) is 24.5 Å². The van der Waals surface area contributed by atoms with Crippen molar-refractivity contribution in [3.63, 3.8) is 0 Å². The summed E-state index contributed by atoms with van der Waals surface area (Å²) in [5.41, 5.74) is 0.0302. The van der Waals surface area contributed by atoms with Gasteiger partial charge < -0.3 is 9.73 Å². The Morgan fingerprint density at radius 2 is 2.04 bits per heavy atom. The van der Waals surface area contributed by atoms with Crippen molar-refractivity contribution in [2.75, 3.05) is 16.3 Å². The van der Waals surface area contributed by atoms with E-state index in [9.17, 15) is 17.6 Å². The van der Waals surface area contributed by atoms with Gasteiger partial charge in [-0.2, -0.15) is 0 Å². The summed E-state index contributed by atoms with van der Waals surface area (Å²) in [6, 6.07) is 7.34. The lowest BCUT2D eigenvalue weighted by Gasteiger charge is -2.08. The van der Waals surface area contributed by atoms with Crippen molar-refractivity contribution in [1.29, 1.82) is 0 Å². The first-order valence-corrected chi connectivity index (χ1v) is 9.96. The minimum absolute atomic E-state index is 0.233. The van der Waals surface area contributed by atoms with Crippen LogP contribution in [-0.4, -0.2) is 20.6 Å². The number of hydrogen-bond donors (Lipinski definition) is 2. The zero-order valence-corrected chi connectivity index (χ0v) is 15.1. The fourth-order valence-corrected chi connectivity index (χ4v) is 3.15. The molecule has 8 heteroatoms. The maximum absolute atomic E-state index is 13.6. The molecule has 1 heterocycles. The fourth-order valence-electron chi connectivity index (χ4n) is 2.60. The number of nitrogens with one attached hydrogen (secondary N) is 2. The molecule has 1 aliphatic rings. The number of carbonyl (C=O) groups excluding carboxylic acids is 1. The van der Waals surface area contributed by atoms with Gasteiger partial charge in [-0.25, -0.2) is 12.8 Å². The van der Waals surface area contributed by atoms with Gasteiger partial charge in [-0.15, -0.1) is 0 Å². The number of anilines is 2. The summed E-state index contributed by atoms with van der Waals surface area (Å²) >= 11 is 0. The van der Waals surface area contributed by atoms with Crippen molar-refractivity contribution in [1.82, 2.24) is 0 Å². The number of rotatable bonds is 6. The van der Waals surface area contributed by atoms with Crippen LogP contribution in [0.5, 0.6) is 0 Å². The molecule has 26 heavy (non-hydrogen) atoms. The SMILES string of the molecule is C[C@@H]1C[C@H]1c1ccc(/C=C/C(=O)Nc2ccc(F)c(NS(C)(=O)=O)c2)o1. The summed E-state index contributed by atoms with van der Waals surface area (Å²) in [6.45, 7) is 2.16. The summed E-state index contributed by atoms with van der Waals surface area (Å²) < 4.78 is 43.8. The first-order chi connectivity index (χ1) is 12.2.